The van der Waals surface area contributed by atoms with E-state index in [0.29, 0.717) is 25.1 Å². The van der Waals surface area contributed by atoms with Gasteiger partial charge in [-0.05, 0) is 51.3 Å². The number of amides is 2. The summed E-state index contributed by atoms with van der Waals surface area (Å²) in [6.45, 7) is 7.26. The van der Waals surface area contributed by atoms with E-state index in [4.69, 9.17) is 4.74 Å². The van der Waals surface area contributed by atoms with Gasteiger partial charge in [0.15, 0.2) is 0 Å². The lowest BCUT2D eigenvalue weighted by Crippen LogP contribution is -2.49. The average molecular weight is 452 g/mol. The fourth-order valence-electron chi connectivity index (χ4n) is 4.25. The summed E-state index contributed by atoms with van der Waals surface area (Å²) in [6, 6.07) is 6.17. The maximum absolute atomic E-state index is 13.2. The third kappa shape index (κ3) is 5.84. The smallest absolute Gasteiger partial charge is 0.253 e. The highest BCUT2D eigenvalue weighted by atomic mass is 32.2. The lowest BCUT2D eigenvalue weighted by molar-refractivity contribution is -0.122. The van der Waals surface area contributed by atoms with Crippen LogP contribution in [0.4, 0.5) is 0 Å². The molecule has 2 aliphatic rings. The van der Waals surface area contributed by atoms with Crippen molar-refractivity contribution in [1.29, 1.82) is 0 Å². The van der Waals surface area contributed by atoms with Gasteiger partial charge in [0.2, 0.25) is 15.9 Å². The SMILES string of the molecule is CCCC(=O)NC1CCCN(C(=O)c2cccc(S(=O)(=O)N3CC(C)OC(C)C3)c2)C1. The van der Waals surface area contributed by atoms with Crippen LogP contribution < -0.4 is 5.32 Å². The van der Waals surface area contributed by atoms with Gasteiger partial charge >= 0.3 is 0 Å². The van der Waals surface area contributed by atoms with E-state index in [1.165, 1.54) is 16.4 Å². The topological polar surface area (TPSA) is 96.0 Å². The number of likely N-dealkylation sites (tertiary alicyclic amines) is 1. The van der Waals surface area contributed by atoms with Gasteiger partial charge in [-0.2, -0.15) is 4.31 Å². The lowest BCUT2D eigenvalue weighted by atomic mass is 10.0. The standard InChI is InChI=1S/C22H33N3O5S/c1-4-7-21(26)23-19-9-6-11-24(15-19)22(27)18-8-5-10-20(12-18)31(28,29)25-13-16(2)30-17(3)14-25/h5,8,10,12,16-17,19H,4,6-7,9,11,13-15H2,1-3H3,(H,23,26). The Morgan fingerprint density at radius 3 is 2.55 bits per heavy atom. The molecule has 172 valence electrons. The molecule has 31 heavy (non-hydrogen) atoms. The highest BCUT2D eigenvalue weighted by Gasteiger charge is 2.33. The number of carbonyl (C=O) groups is 2. The van der Waals surface area contributed by atoms with Gasteiger partial charge in [0.05, 0.1) is 17.1 Å². The van der Waals surface area contributed by atoms with E-state index >= 15 is 0 Å². The van der Waals surface area contributed by atoms with Crippen molar-refractivity contribution in [3.63, 3.8) is 0 Å². The Labute approximate surface area is 185 Å². The molecule has 3 atom stereocenters. The number of nitrogens with zero attached hydrogens (tertiary/aromatic N) is 2. The molecule has 0 spiro atoms. The normalized spacial score (nSPS) is 25.3. The van der Waals surface area contributed by atoms with Crippen LogP contribution in [0.1, 0.15) is 56.8 Å². The zero-order valence-electron chi connectivity index (χ0n) is 18.5. The van der Waals surface area contributed by atoms with E-state index in [1.807, 2.05) is 20.8 Å². The molecule has 2 heterocycles. The zero-order chi connectivity index (χ0) is 22.6. The van der Waals surface area contributed by atoms with Crippen LogP contribution in [-0.4, -0.2) is 73.9 Å². The predicted octanol–water partition coefficient (Wildman–Crippen LogP) is 2.01. The van der Waals surface area contributed by atoms with Crippen LogP contribution in [0.25, 0.3) is 0 Å². The van der Waals surface area contributed by atoms with E-state index in [2.05, 4.69) is 5.32 Å². The summed E-state index contributed by atoms with van der Waals surface area (Å²) in [7, 11) is -3.72. The number of carbonyl (C=O) groups excluding carboxylic acids is 2. The van der Waals surface area contributed by atoms with E-state index in [0.717, 1.165) is 19.3 Å². The van der Waals surface area contributed by atoms with Crippen molar-refractivity contribution in [2.45, 2.75) is 69.6 Å². The number of piperidine rings is 1. The fraction of sp³-hybridized carbons (Fsp3) is 0.636. The summed E-state index contributed by atoms with van der Waals surface area (Å²) in [6.07, 6.45) is 2.52. The molecule has 2 aliphatic heterocycles. The molecule has 2 saturated heterocycles. The zero-order valence-corrected chi connectivity index (χ0v) is 19.4. The molecule has 0 bridgehead atoms. The molecular weight excluding hydrogens is 418 g/mol. The molecule has 2 fully saturated rings. The Bertz CT molecular complexity index is 894. The van der Waals surface area contributed by atoms with E-state index in [-0.39, 0.29) is 48.0 Å². The Kier molecular flexibility index (Phi) is 7.72. The summed E-state index contributed by atoms with van der Waals surface area (Å²) >= 11 is 0. The van der Waals surface area contributed by atoms with Crippen molar-refractivity contribution in [1.82, 2.24) is 14.5 Å². The second-order valence-electron chi connectivity index (χ2n) is 8.52. The van der Waals surface area contributed by atoms with Gasteiger partial charge in [0, 0.05) is 44.2 Å². The molecule has 1 aromatic carbocycles. The molecule has 9 heteroatoms. The summed E-state index contributed by atoms with van der Waals surface area (Å²) in [5.41, 5.74) is 0.343. The van der Waals surface area contributed by atoms with Gasteiger partial charge in [-0.3, -0.25) is 9.59 Å². The molecule has 0 radical (unpaired) electrons. The van der Waals surface area contributed by atoms with E-state index < -0.39 is 10.0 Å². The minimum absolute atomic E-state index is 0.00357. The van der Waals surface area contributed by atoms with Crippen LogP contribution in [0.2, 0.25) is 0 Å². The highest BCUT2D eigenvalue weighted by Crippen LogP contribution is 2.23. The van der Waals surface area contributed by atoms with E-state index in [9.17, 15) is 18.0 Å². The Morgan fingerprint density at radius 1 is 1.16 bits per heavy atom. The first-order chi connectivity index (χ1) is 14.7. The Balaban J connectivity index is 1.73. The molecule has 1 N–H and O–H groups in total. The molecule has 0 saturated carbocycles. The van der Waals surface area contributed by atoms with Gasteiger partial charge in [0.1, 0.15) is 0 Å². The lowest BCUT2D eigenvalue weighted by Gasteiger charge is -2.34. The minimum Gasteiger partial charge on any atom is -0.373 e. The molecular formula is C22H33N3O5S. The van der Waals surface area contributed by atoms with Gasteiger partial charge < -0.3 is 15.0 Å². The second kappa shape index (κ2) is 10.1. The van der Waals surface area contributed by atoms with Crippen LogP contribution in [0, 0.1) is 0 Å². The number of rotatable bonds is 6. The van der Waals surface area contributed by atoms with Crippen molar-refractivity contribution in [3.8, 4) is 0 Å². The Morgan fingerprint density at radius 2 is 1.87 bits per heavy atom. The van der Waals surface area contributed by atoms with Gasteiger partial charge in [-0.15, -0.1) is 0 Å². The van der Waals surface area contributed by atoms with Crippen molar-refractivity contribution in [3.05, 3.63) is 29.8 Å². The van der Waals surface area contributed by atoms with Crippen molar-refractivity contribution >= 4 is 21.8 Å². The van der Waals surface area contributed by atoms with Crippen LogP contribution in [0.5, 0.6) is 0 Å². The summed E-state index contributed by atoms with van der Waals surface area (Å²) in [5.74, 6) is -0.209. The molecule has 3 unspecified atom stereocenters. The second-order valence-corrected chi connectivity index (χ2v) is 10.5. The average Bonchev–Trinajstić information content (AvgIpc) is 2.73. The largest absolute Gasteiger partial charge is 0.373 e. The number of benzene rings is 1. The third-order valence-corrected chi connectivity index (χ3v) is 7.48. The van der Waals surface area contributed by atoms with Crippen LogP contribution in [0.15, 0.2) is 29.2 Å². The fourth-order valence-corrected chi connectivity index (χ4v) is 5.89. The van der Waals surface area contributed by atoms with Crippen LogP contribution >= 0.6 is 0 Å². The van der Waals surface area contributed by atoms with Gasteiger partial charge in [-0.25, -0.2) is 8.42 Å². The molecule has 0 aliphatic carbocycles. The van der Waals surface area contributed by atoms with Crippen molar-refractivity contribution in [2.75, 3.05) is 26.2 Å². The third-order valence-electron chi connectivity index (χ3n) is 5.66. The summed E-state index contributed by atoms with van der Waals surface area (Å²) < 4.78 is 33.4. The van der Waals surface area contributed by atoms with Crippen molar-refractivity contribution < 1.29 is 22.7 Å². The molecule has 0 aromatic heterocycles. The first-order valence-electron chi connectivity index (χ1n) is 11.0. The molecule has 8 nitrogen and oxygen atoms in total. The molecule has 2 amide bonds. The summed E-state index contributed by atoms with van der Waals surface area (Å²) in [4.78, 5) is 26.8. The van der Waals surface area contributed by atoms with E-state index in [1.54, 1.807) is 17.0 Å². The number of morpholine rings is 1. The first-order valence-corrected chi connectivity index (χ1v) is 12.5. The number of hydrogen-bond acceptors (Lipinski definition) is 5. The van der Waals surface area contributed by atoms with Crippen LogP contribution in [0.3, 0.4) is 0 Å². The maximum atomic E-state index is 13.2. The molecule has 1 aromatic rings. The number of hydrogen-bond donors (Lipinski definition) is 1. The number of sulfonamides is 1. The maximum Gasteiger partial charge on any atom is 0.253 e. The van der Waals surface area contributed by atoms with Crippen LogP contribution in [-0.2, 0) is 19.6 Å². The van der Waals surface area contributed by atoms with Gasteiger partial charge in [-0.1, -0.05) is 13.0 Å². The number of ether oxygens (including phenoxy) is 1. The van der Waals surface area contributed by atoms with Gasteiger partial charge in [0.25, 0.3) is 5.91 Å². The van der Waals surface area contributed by atoms with Crippen molar-refractivity contribution in [2.24, 2.45) is 0 Å². The molecule has 3 rings (SSSR count). The predicted molar refractivity (Wildman–Crippen MR) is 117 cm³/mol. The highest BCUT2D eigenvalue weighted by molar-refractivity contribution is 7.89. The quantitative estimate of drug-likeness (QED) is 0.714. The summed E-state index contributed by atoms with van der Waals surface area (Å²) in [5, 5.41) is 3.00. The Hall–Kier alpha value is -1.97. The monoisotopic (exact) mass is 451 g/mol. The first kappa shape index (κ1) is 23.7. The minimum atomic E-state index is -3.72. The number of nitrogens with one attached hydrogen (secondary N) is 1.